The molecule has 0 radical (unpaired) electrons. The minimum atomic E-state index is -0.409. The first kappa shape index (κ1) is 17.9. The monoisotopic (exact) mass is 288 g/mol. The van der Waals surface area contributed by atoms with E-state index in [-0.39, 0.29) is 23.9 Å². The second-order valence-corrected chi connectivity index (χ2v) is 6.27. The molecule has 6 heteroatoms. The Morgan fingerprint density at radius 3 is 2.26 bits per heavy atom. The van der Waals surface area contributed by atoms with Gasteiger partial charge in [0.2, 0.25) is 0 Å². The summed E-state index contributed by atoms with van der Waals surface area (Å²) in [5, 5.41) is 7.20. The van der Waals surface area contributed by atoms with Crippen molar-refractivity contribution in [2.45, 2.75) is 52.6 Å². The molecule has 5 nitrogen and oxygen atoms in total. The lowest BCUT2D eigenvalue weighted by atomic mass is 10.1. The first-order chi connectivity index (χ1) is 8.08. The van der Waals surface area contributed by atoms with E-state index < -0.39 is 5.54 Å². The van der Waals surface area contributed by atoms with Crippen molar-refractivity contribution < 1.29 is 4.79 Å². The molecule has 1 amide bonds. The van der Waals surface area contributed by atoms with Gasteiger partial charge in [-0.25, -0.2) is 0 Å². The van der Waals surface area contributed by atoms with Crippen molar-refractivity contribution >= 4 is 18.3 Å². The number of rotatable bonds is 3. The van der Waals surface area contributed by atoms with Crippen LogP contribution in [0, 0.1) is 6.92 Å². The fraction of sp³-hybridized carbons (Fsp3) is 0.692. The van der Waals surface area contributed by atoms with Crippen molar-refractivity contribution in [3.63, 3.8) is 0 Å². The highest BCUT2D eigenvalue weighted by molar-refractivity contribution is 5.95. The maximum Gasteiger partial charge on any atom is 0.255 e. The van der Waals surface area contributed by atoms with Crippen molar-refractivity contribution in [1.82, 2.24) is 15.1 Å². The fourth-order valence-corrected chi connectivity index (χ4v) is 1.73. The number of hydrogen-bond donors (Lipinski definition) is 2. The van der Waals surface area contributed by atoms with E-state index in [4.69, 9.17) is 5.73 Å². The molecule has 110 valence electrons. The normalized spacial score (nSPS) is 11.9. The van der Waals surface area contributed by atoms with Crippen LogP contribution in [0.2, 0.25) is 0 Å². The molecule has 0 saturated heterocycles. The number of aromatic nitrogens is 2. The van der Waals surface area contributed by atoms with Crippen LogP contribution in [0.1, 0.15) is 50.7 Å². The summed E-state index contributed by atoms with van der Waals surface area (Å²) < 4.78 is 1.86. The highest BCUT2D eigenvalue weighted by Crippen LogP contribution is 2.18. The molecule has 0 aliphatic heterocycles. The molecule has 19 heavy (non-hydrogen) atoms. The van der Waals surface area contributed by atoms with E-state index in [1.165, 1.54) is 0 Å². The number of carbonyl (C=O) groups excluding carboxylic acids is 1. The third kappa shape index (κ3) is 4.21. The molecule has 0 atom stereocenters. The summed E-state index contributed by atoms with van der Waals surface area (Å²) in [7, 11) is 0. The third-order valence-electron chi connectivity index (χ3n) is 2.85. The lowest BCUT2D eigenvalue weighted by molar-refractivity contribution is 0.0915. The van der Waals surface area contributed by atoms with Crippen molar-refractivity contribution in [2.75, 3.05) is 6.54 Å². The van der Waals surface area contributed by atoms with Crippen LogP contribution in [0.4, 0.5) is 0 Å². The Balaban J connectivity index is 0.00000324. The SMILES string of the molecule is Cc1c(C(=O)NC(C)(C)CN)cnn1C(C)(C)C.Cl. The van der Waals surface area contributed by atoms with Gasteiger partial charge in [-0.1, -0.05) is 0 Å². The molecular weight excluding hydrogens is 264 g/mol. The highest BCUT2D eigenvalue weighted by Gasteiger charge is 2.24. The molecule has 1 aromatic heterocycles. The zero-order chi connectivity index (χ0) is 14.1. The Morgan fingerprint density at radius 2 is 1.89 bits per heavy atom. The van der Waals surface area contributed by atoms with Crippen molar-refractivity contribution in [3.8, 4) is 0 Å². The third-order valence-corrected chi connectivity index (χ3v) is 2.85. The lowest BCUT2D eigenvalue weighted by Gasteiger charge is -2.24. The number of hydrogen-bond acceptors (Lipinski definition) is 3. The van der Waals surface area contributed by atoms with Crippen LogP contribution < -0.4 is 11.1 Å². The molecule has 1 heterocycles. The quantitative estimate of drug-likeness (QED) is 0.891. The van der Waals surface area contributed by atoms with Gasteiger partial charge in [0.15, 0.2) is 0 Å². The topological polar surface area (TPSA) is 72.9 Å². The lowest BCUT2D eigenvalue weighted by Crippen LogP contribution is -2.49. The molecule has 0 saturated carbocycles. The van der Waals surface area contributed by atoms with Crippen LogP contribution in [0.3, 0.4) is 0 Å². The first-order valence-corrected chi connectivity index (χ1v) is 6.16. The Kier molecular flexibility index (Phi) is 5.59. The maximum atomic E-state index is 12.2. The molecule has 0 aromatic carbocycles. The largest absolute Gasteiger partial charge is 0.346 e. The van der Waals surface area contributed by atoms with Crippen LogP contribution in [0.5, 0.6) is 0 Å². The zero-order valence-corrected chi connectivity index (χ0v) is 13.4. The van der Waals surface area contributed by atoms with Gasteiger partial charge >= 0.3 is 0 Å². The van der Waals surface area contributed by atoms with Gasteiger partial charge in [-0.2, -0.15) is 5.10 Å². The summed E-state index contributed by atoms with van der Waals surface area (Å²) >= 11 is 0. The minimum Gasteiger partial charge on any atom is -0.346 e. The van der Waals surface area contributed by atoms with Gasteiger partial charge in [-0.15, -0.1) is 12.4 Å². The van der Waals surface area contributed by atoms with E-state index in [9.17, 15) is 4.79 Å². The second kappa shape index (κ2) is 5.92. The van der Waals surface area contributed by atoms with Crippen molar-refractivity contribution in [3.05, 3.63) is 17.5 Å². The molecule has 0 aliphatic carbocycles. The van der Waals surface area contributed by atoms with Crippen molar-refractivity contribution in [2.24, 2.45) is 5.73 Å². The average Bonchev–Trinajstić information content (AvgIpc) is 2.59. The van der Waals surface area contributed by atoms with Crippen molar-refractivity contribution in [1.29, 1.82) is 0 Å². The van der Waals surface area contributed by atoms with E-state index >= 15 is 0 Å². The smallest absolute Gasteiger partial charge is 0.255 e. The zero-order valence-electron chi connectivity index (χ0n) is 12.6. The highest BCUT2D eigenvalue weighted by atomic mass is 35.5. The van der Waals surface area contributed by atoms with E-state index in [1.807, 2.05) is 25.5 Å². The van der Waals surface area contributed by atoms with Gasteiger partial charge in [0.25, 0.3) is 5.91 Å². The van der Waals surface area contributed by atoms with E-state index in [2.05, 4.69) is 31.2 Å². The van der Waals surface area contributed by atoms with Gasteiger partial charge in [0.05, 0.1) is 17.3 Å². The molecular formula is C13H25ClN4O. The standard InChI is InChI=1S/C13H24N4O.ClH/c1-9-10(7-15-17(9)12(2,3)4)11(18)16-13(5,6)8-14;/h7H,8,14H2,1-6H3,(H,16,18);1H. The summed E-state index contributed by atoms with van der Waals surface area (Å²) in [5.41, 5.74) is 6.54. The van der Waals surface area contributed by atoms with Gasteiger partial charge in [0.1, 0.15) is 0 Å². The van der Waals surface area contributed by atoms with E-state index in [0.717, 1.165) is 5.69 Å². The van der Waals surface area contributed by atoms with Crippen LogP contribution >= 0.6 is 12.4 Å². The number of halogens is 1. The number of nitrogens with zero attached hydrogens (tertiary/aromatic N) is 2. The summed E-state index contributed by atoms with van der Waals surface area (Å²) in [6, 6.07) is 0. The average molecular weight is 289 g/mol. The van der Waals surface area contributed by atoms with Crippen LogP contribution in [-0.4, -0.2) is 27.8 Å². The molecule has 1 aromatic rings. The molecule has 0 bridgehead atoms. The number of nitrogens with two attached hydrogens (primary N) is 1. The minimum absolute atomic E-state index is 0. The number of carbonyl (C=O) groups is 1. The molecule has 0 spiro atoms. The van der Waals surface area contributed by atoms with Gasteiger partial charge in [-0.05, 0) is 41.5 Å². The number of amides is 1. The number of nitrogens with one attached hydrogen (secondary N) is 1. The first-order valence-electron chi connectivity index (χ1n) is 6.16. The van der Waals surface area contributed by atoms with Gasteiger partial charge in [0, 0.05) is 17.8 Å². The van der Waals surface area contributed by atoms with Crippen LogP contribution in [0.25, 0.3) is 0 Å². The van der Waals surface area contributed by atoms with Crippen LogP contribution in [-0.2, 0) is 5.54 Å². The Labute approximate surface area is 121 Å². The molecule has 0 unspecified atom stereocenters. The Morgan fingerprint density at radius 1 is 1.37 bits per heavy atom. The van der Waals surface area contributed by atoms with Gasteiger partial charge in [-0.3, -0.25) is 9.48 Å². The predicted octanol–water partition coefficient (Wildman–Crippen LogP) is 1.84. The summed E-state index contributed by atoms with van der Waals surface area (Å²) in [6.07, 6.45) is 1.61. The maximum absolute atomic E-state index is 12.2. The van der Waals surface area contributed by atoms with E-state index in [1.54, 1.807) is 6.20 Å². The second-order valence-electron chi connectivity index (χ2n) is 6.27. The predicted molar refractivity (Wildman–Crippen MR) is 79.8 cm³/mol. The fourth-order valence-electron chi connectivity index (χ4n) is 1.73. The summed E-state index contributed by atoms with van der Waals surface area (Å²) in [5.74, 6) is -0.126. The Bertz CT molecular complexity index is 446. The summed E-state index contributed by atoms with van der Waals surface area (Å²) in [6.45, 7) is 12.3. The van der Waals surface area contributed by atoms with E-state index in [0.29, 0.717) is 12.1 Å². The van der Waals surface area contributed by atoms with Gasteiger partial charge < -0.3 is 11.1 Å². The molecule has 0 fully saturated rings. The molecule has 0 aliphatic rings. The van der Waals surface area contributed by atoms with Crippen LogP contribution in [0.15, 0.2) is 6.20 Å². The molecule has 3 N–H and O–H groups in total. The Hall–Kier alpha value is -1.07. The molecule has 1 rings (SSSR count). The summed E-state index contributed by atoms with van der Waals surface area (Å²) in [4.78, 5) is 12.2.